The Morgan fingerprint density at radius 1 is 1.03 bits per heavy atom. The summed E-state index contributed by atoms with van der Waals surface area (Å²) in [6, 6.07) is 14.2. The fraction of sp³-hybridized carbons (Fsp3) is 0.391. The molecule has 1 atom stereocenters. The SMILES string of the molecule is COCCOc1cccc(CNC(=O)C(NC(=O)c2ccccc2C)C(C)C)c1. The molecule has 0 fully saturated rings. The van der Waals surface area contributed by atoms with Crippen LogP contribution in [0.3, 0.4) is 0 Å². The van der Waals surface area contributed by atoms with Gasteiger partial charge in [0.15, 0.2) is 0 Å². The fourth-order valence-corrected chi connectivity index (χ4v) is 2.87. The molecule has 0 radical (unpaired) electrons. The van der Waals surface area contributed by atoms with Crippen LogP contribution < -0.4 is 15.4 Å². The average molecular weight is 399 g/mol. The Bertz CT molecular complexity index is 820. The van der Waals surface area contributed by atoms with Crippen molar-refractivity contribution in [2.24, 2.45) is 5.92 Å². The minimum absolute atomic E-state index is 0.0494. The third-order valence-corrected chi connectivity index (χ3v) is 4.55. The number of benzene rings is 2. The Balaban J connectivity index is 1.97. The van der Waals surface area contributed by atoms with Crippen LogP contribution in [-0.4, -0.2) is 38.2 Å². The van der Waals surface area contributed by atoms with E-state index in [1.807, 2.05) is 63.2 Å². The lowest BCUT2D eigenvalue weighted by Crippen LogP contribution is -2.49. The first-order chi connectivity index (χ1) is 13.9. The van der Waals surface area contributed by atoms with Gasteiger partial charge in [-0.3, -0.25) is 9.59 Å². The molecule has 0 saturated carbocycles. The molecule has 156 valence electrons. The van der Waals surface area contributed by atoms with Crippen molar-refractivity contribution in [3.8, 4) is 5.75 Å². The summed E-state index contributed by atoms with van der Waals surface area (Å²) in [6.07, 6.45) is 0. The third kappa shape index (κ3) is 6.91. The summed E-state index contributed by atoms with van der Waals surface area (Å²) >= 11 is 0. The first-order valence-corrected chi connectivity index (χ1v) is 9.77. The van der Waals surface area contributed by atoms with E-state index in [1.54, 1.807) is 13.2 Å². The predicted molar refractivity (Wildman–Crippen MR) is 113 cm³/mol. The number of carbonyl (C=O) groups excluding carboxylic acids is 2. The number of hydrogen-bond donors (Lipinski definition) is 2. The van der Waals surface area contributed by atoms with Crippen LogP contribution in [0.15, 0.2) is 48.5 Å². The fourth-order valence-electron chi connectivity index (χ4n) is 2.87. The van der Waals surface area contributed by atoms with E-state index in [1.165, 1.54) is 0 Å². The minimum atomic E-state index is -0.622. The van der Waals surface area contributed by atoms with Crippen molar-refractivity contribution in [1.82, 2.24) is 10.6 Å². The molecule has 2 amide bonds. The van der Waals surface area contributed by atoms with E-state index in [9.17, 15) is 9.59 Å². The summed E-state index contributed by atoms with van der Waals surface area (Å²) in [5.74, 6) is 0.215. The van der Waals surface area contributed by atoms with Crippen molar-refractivity contribution in [3.05, 3.63) is 65.2 Å². The number of hydrogen-bond acceptors (Lipinski definition) is 4. The van der Waals surface area contributed by atoms with Gasteiger partial charge in [-0.2, -0.15) is 0 Å². The van der Waals surface area contributed by atoms with Crippen molar-refractivity contribution in [2.45, 2.75) is 33.4 Å². The molecule has 0 bridgehead atoms. The van der Waals surface area contributed by atoms with Crippen LogP contribution in [0, 0.1) is 12.8 Å². The molecule has 0 heterocycles. The van der Waals surface area contributed by atoms with Crippen molar-refractivity contribution in [1.29, 1.82) is 0 Å². The summed E-state index contributed by atoms with van der Waals surface area (Å²) < 4.78 is 10.6. The smallest absolute Gasteiger partial charge is 0.252 e. The second kappa shape index (κ2) is 11.2. The van der Waals surface area contributed by atoms with E-state index in [0.29, 0.717) is 25.3 Å². The van der Waals surface area contributed by atoms with Crippen LogP contribution in [0.2, 0.25) is 0 Å². The maximum absolute atomic E-state index is 12.7. The highest BCUT2D eigenvalue weighted by molar-refractivity contribution is 5.98. The number of amides is 2. The molecule has 0 spiro atoms. The average Bonchev–Trinajstić information content (AvgIpc) is 2.70. The lowest BCUT2D eigenvalue weighted by Gasteiger charge is -2.22. The second-order valence-corrected chi connectivity index (χ2v) is 7.22. The van der Waals surface area contributed by atoms with E-state index in [-0.39, 0.29) is 17.7 Å². The van der Waals surface area contributed by atoms with Crippen LogP contribution in [0.5, 0.6) is 5.75 Å². The first kappa shape index (κ1) is 22.4. The minimum Gasteiger partial charge on any atom is -0.491 e. The molecule has 2 aromatic rings. The summed E-state index contributed by atoms with van der Waals surface area (Å²) in [4.78, 5) is 25.3. The molecule has 29 heavy (non-hydrogen) atoms. The maximum atomic E-state index is 12.7. The molecular formula is C23H30N2O4. The highest BCUT2D eigenvalue weighted by Gasteiger charge is 2.25. The Morgan fingerprint density at radius 3 is 2.48 bits per heavy atom. The van der Waals surface area contributed by atoms with Crippen LogP contribution in [-0.2, 0) is 16.1 Å². The number of nitrogens with one attached hydrogen (secondary N) is 2. The zero-order valence-electron chi connectivity index (χ0n) is 17.5. The molecule has 0 saturated heterocycles. The lowest BCUT2D eigenvalue weighted by molar-refractivity contribution is -0.124. The number of aryl methyl sites for hydroxylation is 1. The van der Waals surface area contributed by atoms with Crippen LogP contribution >= 0.6 is 0 Å². The summed E-state index contributed by atoms with van der Waals surface area (Å²) in [6.45, 7) is 7.02. The van der Waals surface area contributed by atoms with Crippen molar-refractivity contribution < 1.29 is 19.1 Å². The van der Waals surface area contributed by atoms with Crippen molar-refractivity contribution >= 4 is 11.8 Å². The topological polar surface area (TPSA) is 76.7 Å². The Labute approximate surface area is 172 Å². The normalized spacial score (nSPS) is 11.8. The molecule has 6 heteroatoms. The van der Waals surface area contributed by atoms with Crippen molar-refractivity contribution in [2.75, 3.05) is 20.3 Å². The molecule has 2 rings (SSSR count). The van der Waals surface area contributed by atoms with Gasteiger partial charge >= 0.3 is 0 Å². The number of rotatable bonds is 10. The Morgan fingerprint density at radius 2 is 1.79 bits per heavy atom. The number of methoxy groups -OCH3 is 1. The summed E-state index contributed by atoms with van der Waals surface area (Å²) in [5.41, 5.74) is 2.37. The van der Waals surface area contributed by atoms with E-state index in [2.05, 4.69) is 10.6 Å². The largest absolute Gasteiger partial charge is 0.491 e. The van der Waals surface area contributed by atoms with Gasteiger partial charge in [0.05, 0.1) is 6.61 Å². The standard InChI is InChI=1S/C23H30N2O4/c1-16(2)21(25-22(26)20-11-6-5-8-17(20)3)23(27)24-15-18-9-7-10-19(14-18)29-13-12-28-4/h5-11,14,16,21H,12-13,15H2,1-4H3,(H,24,27)(H,25,26). The van der Waals surface area contributed by atoms with Gasteiger partial charge in [0, 0.05) is 19.2 Å². The zero-order valence-corrected chi connectivity index (χ0v) is 17.5. The molecule has 0 aliphatic rings. The Kier molecular flexibility index (Phi) is 8.68. The summed E-state index contributed by atoms with van der Waals surface area (Å²) in [7, 11) is 1.62. The monoisotopic (exact) mass is 398 g/mol. The van der Waals surface area contributed by atoms with Crippen LogP contribution in [0.4, 0.5) is 0 Å². The molecule has 6 nitrogen and oxygen atoms in total. The quantitative estimate of drug-likeness (QED) is 0.603. The van der Waals surface area contributed by atoms with Crippen LogP contribution in [0.1, 0.15) is 35.3 Å². The van der Waals surface area contributed by atoms with Gasteiger partial charge in [0.25, 0.3) is 5.91 Å². The predicted octanol–water partition coefficient (Wildman–Crippen LogP) is 3.09. The molecular weight excluding hydrogens is 368 g/mol. The van der Waals surface area contributed by atoms with Gasteiger partial charge in [-0.25, -0.2) is 0 Å². The Hall–Kier alpha value is -2.86. The van der Waals surface area contributed by atoms with Crippen molar-refractivity contribution in [3.63, 3.8) is 0 Å². The summed E-state index contributed by atoms with van der Waals surface area (Å²) in [5, 5.41) is 5.78. The zero-order chi connectivity index (χ0) is 21.2. The van der Waals surface area contributed by atoms with Gasteiger partial charge in [-0.1, -0.05) is 44.2 Å². The number of carbonyl (C=O) groups is 2. The molecule has 2 N–H and O–H groups in total. The molecule has 0 aliphatic carbocycles. The molecule has 1 unspecified atom stereocenters. The van der Waals surface area contributed by atoms with Gasteiger partial charge in [-0.05, 0) is 42.2 Å². The van der Waals surface area contributed by atoms with Gasteiger partial charge < -0.3 is 20.1 Å². The highest BCUT2D eigenvalue weighted by atomic mass is 16.5. The van der Waals surface area contributed by atoms with E-state index >= 15 is 0 Å². The van der Waals surface area contributed by atoms with E-state index in [0.717, 1.165) is 16.9 Å². The van der Waals surface area contributed by atoms with Gasteiger partial charge in [0.2, 0.25) is 5.91 Å². The highest BCUT2D eigenvalue weighted by Crippen LogP contribution is 2.14. The van der Waals surface area contributed by atoms with E-state index < -0.39 is 6.04 Å². The van der Waals surface area contributed by atoms with E-state index in [4.69, 9.17) is 9.47 Å². The lowest BCUT2D eigenvalue weighted by atomic mass is 10.0. The van der Waals surface area contributed by atoms with Gasteiger partial charge in [-0.15, -0.1) is 0 Å². The first-order valence-electron chi connectivity index (χ1n) is 9.77. The molecule has 0 aromatic heterocycles. The molecule has 0 aliphatic heterocycles. The third-order valence-electron chi connectivity index (χ3n) is 4.55. The maximum Gasteiger partial charge on any atom is 0.252 e. The van der Waals surface area contributed by atoms with Gasteiger partial charge in [0.1, 0.15) is 18.4 Å². The van der Waals surface area contributed by atoms with Crippen LogP contribution in [0.25, 0.3) is 0 Å². The number of ether oxygens (including phenoxy) is 2. The second-order valence-electron chi connectivity index (χ2n) is 7.22. The molecule has 2 aromatic carbocycles.